The third-order valence-electron chi connectivity index (χ3n) is 3.31. The molecule has 2 aromatic heterocycles. The summed E-state index contributed by atoms with van der Waals surface area (Å²) in [6.07, 6.45) is 0. The summed E-state index contributed by atoms with van der Waals surface area (Å²) in [7, 11) is 0. The summed E-state index contributed by atoms with van der Waals surface area (Å²) >= 11 is 3.35. The van der Waals surface area contributed by atoms with E-state index in [0.717, 1.165) is 10.2 Å². The predicted octanol–water partition coefficient (Wildman–Crippen LogP) is 3.15. The lowest BCUT2D eigenvalue weighted by Crippen LogP contribution is -2.21. The van der Waals surface area contributed by atoms with Gasteiger partial charge in [-0.05, 0) is 38.1 Å². The van der Waals surface area contributed by atoms with E-state index >= 15 is 0 Å². The number of hydrogen-bond donors (Lipinski definition) is 2. The molecule has 0 unspecified atom stereocenters. The number of halogens is 1. The molecule has 2 N–H and O–H groups in total. The molecule has 6 nitrogen and oxygen atoms in total. The van der Waals surface area contributed by atoms with Gasteiger partial charge in [-0.15, -0.1) is 0 Å². The second kappa shape index (κ2) is 5.42. The maximum atomic E-state index is 12.3. The van der Waals surface area contributed by atoms with Crippen LogP contribution in [-0.2, 0) is 0 Å². The largest absolute Gasteiger partial charge is 0.422 e. The van der Waals surface area contributed by atoms with Gasteiger partial charge in [0, 0.05) is 9.86 Å². The third-order valence-corrected chi connectivity index (χ3v) is 3.80. The number of aromatic nitrogens is 2. The lowest BCUT2D eigenvalue weighted by atomic mass is 10.1. The Kier molecular flexibility index (Phi) is 3.58. The van der Waals surface area contributed by atoms with Gasteiger partial charge < -0.3 is 9.73 Å². The molecule has 0 aliphatic heterocycles. The van der Waals surface area contributed by atoms with Crippen LogP contribution in [0.3, 0.4) is 0 Å². The summed E-state index contributed by atoms with van der Waals surface area (Å²) < 4.78 is 6.02. The zero-order valence-corrected chi connectivity index (χ0v) is 13.4. The molecular weight excluding hydrogens is 350 g/mol. The fourth-order valence-corrected chi connectivity index (χ4v) is 2.55. The maximum Gasteiger partial charge on any atom is 0.349 e. The van der Waals surface area contributed by atoms with E-state index in [-0.39, 0.29) is 5.56 Å². The minimum absolute atomic E-state index is 0.0504. The maximum absolute atomic E-state index is 12.3. The van der Waals surface area contributed by atoms with Crippen molar-refractivity contribution in [1.82, 2.24) is 10.2 Å². The van der Waals surface area contributed by atoms with Crippen molar-refractivity contribution in [3.8, 4) is 0 Å². The Morgan fingerprint density at radius 1 is 1.32 bits per heavy atom. The standard InChI is InChI=1S/C15H12BrN3O3/c1-7-13(8(2)19-18-7)17-14(20)11-6-9-5-10(16)3-4-12(9)22-15(11)21/h3-6H,1-2H3,(H,17,20)(H,18,19). The highest BCUT2D eigenvalue weighted by molar-refractivity contribution is 9.10. The number of carbonyl (C=O) groups is 1. The van der Waals surface area contributed by atoms with Crippen LogP contribution in [0.15, 0.2) is 37.9 Å². The zero-order chi connectivity index (χ0) is 15.9. The number of hydrogen-bond acceptors (Lipinski definition) is 4. The molecule has 1 amide bonds. The van der Waals surface area contributed by atoms with Crippen LogP contribution in [0, 0.1) is 13.8 Å². The Hall–Kier alpha value is -2.41. The number of aryl methyl sites for hydroxylation is 2. The van der Waals surface area contributed by atoms with Gasteiger partial charge >= 0.3 is 5.63 Å². The molecule has 0 aliphatic rings. The molecular formula is C15H12BrN3O3. The summed E-state index contributed by atoms with van der Waals surface area (Å²) in [4.78, 5) is 24.3. The van der Waals surface area contributed by atoms with Crippen molar-refractivity contribution < 1.29 is 9.21 Å². The first kappa shape index (κ1) is 14.5. The molecule has 0 radical (unpaired) electrons. The summed E-state index contributed by atoms with van der Waals surface area (Å²) in [5.41, 5.74) is 1.65. The number of nitrogens with one attached hydrogen (secondary N) is 2. The van der Waals surface area contributed by atoms with Crippen LogP contribution in [-0.4, -0.2) is 16.1 Å². The predicted molar refractivity (Wildman–Crippen MR) is 86.2 cm³/mol. The number of benzene rings is 1. The average molecular weight is 362 g/mol. The van der Waals surface area contributed by atoms with E-state index in [4.69, 9.17) is 4.42 Å². The molecule has 0 fully saturated rings. The highest BCUT2D eigenvalue weighted by Crippen LogP contribution is 2.21. The average Bonchev–Trinajstić information content (AvgIpc) is 2.78. The molecule has 0 aliphatic carbocycles. The number of H-pyrrole nitrogens is 1. The number of anilines is 1. The van der Waals surface area contributed by atoms with Crippen LogP contribution in [0.2, 0.25) is 0 Å². The SMILES string of the molecule is Cc1n[nH]c(C)c1NC(=O)c1cc2cc(Br)ccc2oc1=O. The van der Waals surface area contributed by atoms with Crippen LogP contribution in [0.5, 0.6) is 0 Å². The van der Waals surface area contributed by atoms with Crippen molar-refractivity contribution >= 4 is 38.5 Å². The van der Waals surface area contributed by atoms with E-state index in [1.807, 2.05) is 0 Å². The molecule has 0 bridgehead atoms. The fraction of sp³-hybridized carbons (Fsp3) is 0.133. The van der Waals surface area contributed by atoms with E-state index in [2.05, 4.69) is 31.4 Å². The summed E-state index contributed by atoms with van der Waals surface area (Å²) in [5.74, 6) is -0.525. The first-order chi connectivity index (χ1) is 10.5. The summed E-state index contributed by atoms with van der Waals surface area (Å²) in [6, 6.07) is 6.74. The number of nitrogens with zero attached hydrogens (tertiary/aromatic N) is 1. The van der Waals surface area contributed by atoms with Crippen molar-refractivity contribution in [2.45, 2.75) is 13.8 Å². The van der Waals surface area contributed by atoms with Crippen LogP contribution in [0.1, 0.15) is 21.7 Å². The number of amides is 1. The second-order valence-electron chi connectivity index (χ2n) is 4.89. The van der Waals surface area contributed by atoms with Crippen molar-refractivity contribution in [3.63, 3.8) is 0 Å². The van der Waals surface area contributed by atoms with Crippen LogP contribution in [0.4, 0.5) is 5.69 Å². The van der Waals surface area contributed by atoms with Crippen LogP contribution < -0.4 is 10.9 Å². The van der Waals surface area contributed by atoms with Crippen molar-refractivity contribution in [1.29, 1.82) is 0 Å². The van der Waals surface area contributed by atoms with Crippen LogP contribution in [0.25, 0.3) is 11.0 Å². The van der Waals surface area contributed by atoms with Gasteiger partial charge in [0.1, 0.15) is 11.1 Å². The molecule has 0 atom stereocenters. The first-order valence-corrected chi connectivity index (χ1v) is 7.31. The molecule has 0 saturated heterocycles. The lowest BCUT2D eigenvalue weighted by molar-refractivity contribution is 0.102. The van der Waals surface area contributed by atoms with Crippen molar-refractivity contribution in [2.24, 2.45) is 0 Å². The smallest absolute Gasteiger partial charge is 0.349 e. The Morgan fingerprint density at radius 2 is 2.09 bits per heavy atom. The summed E-state index contributed by atoms with van der Waals surface area (Å²) in [6.45, 7) is 3.55. The molecule has 0 spiro atoms. The van der Waals surface area contributed by atoms with E-state index in [1.54, 1.807) is 32.0 Å². The Labute approximate surface area is 133 Å². The lowest BCUT2D eigenvalue weighted by Gasteiger charge is -2.05. The normalized spacial score (nSPS) is 10.9. The third kappa shape index (κ3) is 2.55. The van der Waals surface area contributed by atoms with Gasteiger partial charge in [-0.3, -0.25) is 9.89 Å². The Morgan fingerprint density at radius 3 is 2.77 bits per heavy atom. The molecule has 1 aromatic carbocycles. The molecule has 7 heteroatoms. The van der Waals surface area contributed by atoms with E-state index in [0.29, 0.717) is 22.4 Å². The van der Waals surface area contributed by atoms with Gasteiger partial charge in [0.15, 0.2) is 0 Å². The minimum atomic E-state index is -0.675. The molecule has 2 heterocycles. The first-order valence-electron chi connectivity index (χ1n) is 6.52. The van der Waals surface area contributed by atoms with Crippen LogP contribution >= 0.6 is 15.9 Å². The Balaban J connectivity index is 2.04. The number of aromatic amines is 1. The Bertz CT molecular complexity index is 923. The van der Waals surface area contributed by atoms with E-state index in [9.17, 15) is 9.59 Å². The number of carbonyl (C=O) groups excluding carboxylic acids is 1. The molecule has 112 valence electrons. The van der Waals surface area contributed by atoms with Gasteiger partial charge in [0.05, 0.1) is 17.1 Å². The van der Waals surface area contributed by atoms with E-state index in [1.165, 1.54) is 6.07 Å². The van der Waals surface area contributed by atoms with Gasteiger partial charge in [0.25, 0.3) is 5.91 Å². The topological polar surface area (TPSA) is 88.0 Å². The van der Waals surface area contributed by atoms with Crippen molar-refractivity contribution in [2.75, 3.05) is 5.32 Å². The molecule has 0 saturated carbocycles. The zero-order valence-electron chi connectivity index (χ0n) is 11.9. The number of fused-ring (bicyclic) bond motifs is 1. The highest BCUT2D eigenvalue weighted by atomic mass is 79.9. The molecule has 22 heavy (non-hydrogen) atoms. The monoisotopic (exact) mass is 361 g/mol. The number of rotatable bonds is 2. The van der Waals surface area contributed by atoms with Gasteiger partial charge in [-0.1, -0.05) is 15.9 Å². The van der Waals surface area contributed by atoms with Gasteiger partial charge in [0.2, 0.25) is 0 Å². The highest BCUT2D eigenvalue weighted by Gasteiger charge is 2.17. The minimum Gasteiger partial charge on any atom is -0.422 e. The quantitative estimate of drug-likeness (QED) is 0.686. The van der Waals surface area contributed by atoms with Gasteiger partial charge in [-0.2, -0.15) is 5.10 Å². The summed E-state index contributed by atoms with van der Waals surface area (Å²) in [5, 5.41) is 10.1. The van der Waals surface area contributed by atoms with Gasteiger partial charge in [-0.25, -0.2) is 4.79 Å². The van der Waals surface area contributed by atoms with E-state index < -0.39 is 11.5 Å². The fourth-order valence-electron chi connectivity index (χ4n) is 2.17. The van der Waals surface area contributed by atoms with Crippen molar-refractivity contribution in [3.05, 3.63) is 56.1 Å². The molecule has 3 rings (SSSR count). The molecule has 3 aromatic rings. The second-order valence-corrected chi connectivity index (χ2v) is 5.81.